The van der Waals surface area contributed by atoms with E-state index < -0.39 is 0 Å². The Balaban J connectivity index is 1.30. The molecule has 1 aromatic rings. The van der Waals surface area contributed by atoms with Crippen LogP contribution in [0.4, 0.5) is 11.6 Å². The molecule has 0 radical (unpaired) electrons. The highest BCUT2D eigenvalue weighted by atomic mass is 16.1. The molecular formula is C27H44N6O. The Labute approximate surface area is 205 Å². The molecule has 0 bridgehead atoms. The SMILES string of the molecule is CNc1nc(N2CCCCCCC2)ccc1C(=N)C(=O)NC1CCN(CC2CCCCC2)CC1. The van der Waals surface area contributed by atoms with Crippen molar-refractivity contribution in [3.63, 3.8) is 0 Å². The highest BCUT2D eigenvalue weighted by Gasteiger charge is 2.26. The molecule has 4 rings (SSSR count). The maximum atomic E-state index is 12.9. The van der Waals surface area contributed by atoms with Crippen LogP contribution in [0.15, 0.2) is 12.1 Å². The molecule has 7 heteroatoms. The van der Waals surface area contributed by atoms with E-state index in [2.05, 4.69) is 20.4 Å². The van der Waals surface area contributed by atoms with E-state index in [1.165, 1.54) is 70.8 Å². The Morgan fingerprint density at radius 1 is 0.941 bits per heavy atom. The van der Waals surface area contributed by atoms with Crippen molar-refractivity contribution in [1.29, 1.82) is 5.41 Å². The molecule has 0 spiro atoms. The molecule has 1 amide bonds. The Hall–Kier alpha value is -2.15. The van der Waals surface area contributed by atoms with Crippen LogP contribution in [0.2, 0.25) is 0 Å². The summed E-state index contributed by atoms with van der Waals surface area (Å²) in [5, 5.41) is 14.8. The monoisotopic (exact) mass is 468 g/mol. The Morgan fingerprint density at radius 3 is 2.26 bits per heavy atom. The highest BCUT2D eigenvalue weighted by molar-refractivity contribution is 6.45. The molecule has 3 fully saturated rings. The number of rotatable bonds is 7. The van der Waals surface area contributed by atoms with Gasteiger partial charge in [-0.15, -0.1) is 0 Å². The number of nitrogens with zero attached hydrogens (tertiary/aromatic N) is 3. The molecule has 1 aromatic heterocycles. The van der Waals surface area contributed by atoms with Crippen molar-refractivity contribution in [3.05, 3.63) is 17.7 Å². The van der Waals surface area contributed by atoms with Crippen LogP contribution < -0.4 is 15.5 Å². The largest absolute Gasteiger partial charge is 0.373 e. The average molecular weight is 469 g/mol. The molecule has 2 aliphatic heterocycles. The molecule has 2 saturated heterocycles. The van der Waals surface area contributed by atoms with E-state index in [0.717, 1.165) is 50.8 Å². The van der Waals surface area contributed by atoms with Crippen LogP contribution in [0.1, 0.15) is 82.6 Å². The number of amides is 1. The lowest BCUT2D eigenvalue weighted by molar-refractivity contribution is -0.115. The number of carbonyl (C=O) groups excluding carboxylic acids is 1. The number of aromatic nitrogens is 1. The number of hydrogen-bond donors (Lipinski definition) is 3. The molecule has 188 valence electrons. The van der Waals surface area contributed by atoms with Crippen LogP contribution in [0.25, 0.3) is 0 Å². The fourth-order valence-corrected chi connectivity index (χ4v) is 5.87. The van der Waals surface area contributed by atoms with E-state index in [1.54, 1.807) is 0 Å². The normalized spacial score (nSPS) is 21.5. The van der Waals surface area contributed by atoms with Gasteiger partial charge in [-0.3, -0.25) is 10.2 Å². The first-order valence-corrected chi connectivity index (χ1v) is 13.7. The first-order valence-electron chi connectivity index (χ1n) is 13.7. The van der Waals surface area contributed by atoms with Crippen LogP contribution >= 0.6 is 0 Å². The zero-order chi connectivity index (χ0) is 23.8. The number of anilines is 2. The molecule has 34 heavy (non-hydrogen) atoms. The lowest BCUT2D eigenvalue weighted by Gasteiger charge is -2.35. The van der Waals surface area contributed by atoms with Crippen molar-refractivity contribution in [1.82, 2.24) is 15.2 Å². The molecule has 0 aromatic carbocycles. The van der Waals surface area contributed by atoms with E-state index in [0.29, 0.717) is 11.4 Å². The summed E-state index contributed by atoms with van der Waals surface area (Å²) in [6.07, 6.45) is 15.1. The fraction of sp³-hybridized carbons (Fsp3) is 0.741. The van der Waals surface area contributed by atoms with Crippen LogP contribution in [0.3, 0.4) is 0 Å². The summed E-state index contributed by atoms with van der Waals surface area (Å²) in [4.78, 5) is 22.6. The van der Waals surface area contributed by atoms with Gasteiger partial charge in [-0.05, 0) is 56.6 Å². The van der Waals surface area contributed by atoms with Crippen LogP contribution in [-0.4, -0.2) is 67.3 Å². The smallest absolute Gasteiger partial charge is 0.270 e. The van der Waals surface area contributed by atoms with Crippen molar-refractivity contribution >= 4 is 23.3 Å². The van der Waals surface area contributed by atoms with E-state index in [-0.39, 0.29) is 17.7 Å². The first-order chi connectivity index (χ1) is 16.6. The molecule has 3 heterocycles. The number of carbonyl (C=O) groups is 1. The van der Waals surface area contributed by atoms with Crippen LogP contribution in [0, 0.1) is 11.3 Å². The maximum absolute atomic E-state index is 12.9. The van der Waals surface area contributed by atoms with E-state index in [1.807, 2.05) is 19.2 Å². The van der Waals surface area contributed by atoms with Gasteiger partial charge < -0.3 is 20.4 Å². The zero-order valence-electron chi connectivity index (χ0n) is 21.1. The lowest BCUT2D eigenvalue weighted by atomic mass is 9.88. The van der Waals surface area contributed by atoms with E-state index >= 15 is 0 Å². The standard InChI is InChI=1S/C27H44N6O/c1-29-26-23(12-13-24(31-26)33-16-8-3-2-4-9-17-33)25(28)27(34)30-22-14-18-32(19-15-22)20-21-10-6-5-7-11-21/h12-13,21-22,28H,2-11,14-20H2,1H3,(H,29,31)(H,30,34). The molecule has 1 saturated carbocycles. The number of nitrogens with one attached hydrogen (secondary N) is 3. The summed E-state index contributed by atoms with van der Waals surface area (Å²) in [5.74, 6) is 2.13. The van der Waals surface area contributed by atoms with Gasteiger partial charge in [-0.2, -0.15) is 0 Å². The minimum atomic E-state index is -0.289. The van der Waals surface area contributed by atoms with Crippen molar-refractivity contribution in [2.24, 2.45) is 5.92 Å². The molecule has 1 aliphatic carbocycles. The van der Waals surface area contributed by atoms with Gasteiger partial charge in [0.2, 0.25) is 0 Å². The Bertz CT molecular complexity index is 805. The zero-order valence-corrected chi connectivity index (χ0v) is 21.1. The molecule has 0 atom stereocenters. The van der Waals surface area contributed by atoms with Crippen molar-refractivity contribution in [2.75, 3.05) is 50.0 Å². The summed E-state index contributed by atoms with van der Waals surface area (Å²) >= 11 is 0. The average Bonchev–Trinajstić information content (AvgIpc) is 2.85. The number of piperidine rings is 1. The van der Waals surface area contributed by atoms with Crippen LogP contribution in [-0.2, 0) is 4.79 Å². The molecule has 0 unspecified atom stereocenters. The fourth-order valence-electron chi connectivity index (χ4n) is 5.87. The third-order valence-corrected chi connectivity index (χ3v) is 7.96. The minimum absolute atomic E-state index is 0.000650. The van der Waals surface area contributed by atoms with Gasteiger partial charge in [0, 0.05) is 51.4 Å². The molecule has 3 aliphatic rings. The Kier molecular flexibility index (Phi) is 9.19. The van der Waals surface area contributed by atoms with Gasteiger partial charge in [-0.25, -0.2) is 4.98 Å². The second kappa shape index (κ2) is 12.5. The third-order valence-electron chi connectivity index (χ3n) is 7.96. The second-order valence-electron chi connectivity index (χ2n) is 10.5. The van der Waals surface area contributed by atoms with Crippen molar-refractivity contribution in [3.8, 4) is 0 Å². The van der Waals surface area contributed by atoms with Gasteiger partial charge in [0.05, 0.1) is 0 Å². The van der Waals surface area contributed by atoms with Crippen LogP contribution in [0.5, 0.6) is 0 Å². The third kappa shape index (κ3) is 6.71. The van der Waals surface area contributed by atoms with Gasteiger partial charge in [0.15, 0.2) is 0 Å². The summed E-state index contributed by atoms with van der Waals surface area (Å²) in [6, 6.07) is 4.02. The summed E-state index contributed by atoms with van der Waals surface area (Å²) in [6.45, 7) is 5.35. The minimum Gasteiger partial charge on any atom is -0.373 e. The van der Waals surface area contributed by atoms with Gasteiger partial charge in [0.1, 0.15) is 17.3 Å². The maximum Gasteiger partial charge on any atom is 0.270 e. The second-order valence-corrected chi connectivity index (χ2v) is 10.5. The van der Waals surface area contributed by atoms with E-state index in [9.17, 15) is 4.79 Å². The molecular weight excluding hydrogens is 424 g/mol. The first kappa shape index (κ1) is 25.0. The van der Waals surface area contributed by atoms with Gasteiger partial charge in [0.25, 0.3) is 5.91 Å². The predicted molar refractivity (Wildman–Crippen MR) is 140 cm³/mol. The van der Waals surface area contributed by atoms with Gasteiger partial charge in [-0.1, -0.05) is 38.5 Å². The number of likely N-dealkylation sites (tertiary alicyclic amines) is 1. The summed E-state index contributed by atoms with van der Waals surface area (Å²) < 4.78 is 0. The van der Waals surface area contributed by atoms with Crippen molar-refractivity contribution in [2.45, 2.75) is 83.1 Å². The molecule has 7 nitrogen and oxygen atoms in total. The van der Waals surface area contributed by atoms with E-state index in [4.69, 9.17) is 10.4 Å². The Morgan fingerprint density at radius 2 is 1.59 bits per heavy atom. The lowest BCUT2D eigenvalue weighted by Crippen LogP contribution is -2.47. The van der Waals surface area contributed by atoms with Gasteiger partial charge >= 0.3 is 0 Å². The molecule has 3 N–H and O–H groups in total. The summed E-state index contributed by atoms with van der Waals surface area (Å²) in [7, 11) is 1.82. The summed E-state index contributed by atoms with van der Waals surface area (Å²) in [5.41, 5.74) is 0.575. The quantitative estimate of drug-likeness (QED) is 0.516. The highest BCUT2D eigenvalue weighted by Crippen LogP contribution is 2.26. The number of hydrogen-bond acceptors (Lipinski definition) is 6. The topological polar surface area (TPSA) is 84.4 Å². The predicted octanol–water partition coefficient (Wildman–Crippen LogP) is 4.42. The van der Waals surface area contributed by atoms with Crippen molar-refractivity contribution < 1.29 is 4.79 Å². The number of pyridine rings is 1.